The normalized spacial score (nSPS) is 45.7. The van der Waals surface area contributed by atoms with Crippen LogP contribution in [0.25, 0.3) is 0 Å². The maximum Gasteiger partial charge on any atom is 0.335 e. The molecule has 21 heterocycles. The van der Waals surface area contributed by atoms with E-state index in [0.29, 0.717) is 0 Å². The highest BCUT2D eigenvalue weighted by Crippen LogP contribution is 2.43. The summed E-state index contributed by atoms with van der Waals surface area (Å²) in [6.07, 6.45) is -65.9. The number of ether oxygens (including phenoxy) is 28. The molecule has 7 N–H and O–H groups in total. The molecule has 42 nitrogen and oxygen atoms in total. The van der Waals surface area contributed by atoms with E-state index in [-0.39, 0.29) is 0 Å². The molecule has 21 aliphatic rings. The average Bonchev–Trinajstić information content (AvgIpc) is 0.761. The fraction of sp³-hybridized carbons (Fsp3) is 0.875. The molecule has 0 spiro atoms. The fourth-order valence-electron chi connectivity index (χ4n) is 13.6. The molecule has 0 aromatic heterocycles. The predicted molar refractivity (Wildman–Crippen MR) is 299 cm³/mol. The van der Waals surface area contributed by atoms with Crippen LogP contribution in [0.1, 0.15) is 0 Å². The van der Waals surface area contributed by atoms with Crippen molar-refractivity contribution in [2.45, 2.75) is 215 Å². The van der Waals surface area contributed by atoms with Crippen LogP contribution in [0.15, 0.2) is 0 Å². The van der Waals surface area contributed by atoms with Crippen LogP contribution in [-0.4, -0.2) is 392 Å². The predicted octanol–water partition coefficient (Wildman–Crippen LogP) is -5.43. The second-order valence-electron chi connectivity index (χ2n) is 22.9. The number of carboxylic acid groups (broad SMARTS) is 7. The summed E-state index contributed by atoms with van der Waals surface area (Å²) in [7, 11) is 15.4. The molecule has 42 heteroatoms. The third-order valence-electron chi connectivity index (χ3n) is 18.0. The molecule has 0 aromatic carbocycles. The Balaban J connectivity index is 1.25. The Kier molecular flexibility index (Phi) is 27.7. The van der Waals surface area contributed by atoms with E-state index >= 15 is 0 Å². The number of methoxy groups -OCH3 is 14. The molecule has 0 saturated carbocycles. The lowest BCUT2D eigenvalue weighted by molar-refractivity contribution is -0.392. The summed E-state index contributed by atoms with van der Waals surface area (Å²) >= 11 is 0. The Bertz CT molecular complexity index is 2190. The van der Waals surface area contributed by atoms with Gasteiger partial charge in [-0.05, 0) is 0 Å². The van der Waals surface area contributed by atoms with Gasteiger partial charge < -0.3 is 168 Å². The Morgan fingerprint density at radius 1 is 0.173 bits per heavy atom. The number of aliphatic carboxylic acids is 7. The fourth-order valence-corrected chi connectivity index (χ4v) is 13.6. The summed E-state index contributed by atoms with van der Waals surface area (Å²) in [6, 6.07) is 0. The molecular weight excluding hydrogens is 1340 g/mol. The van der Waals surface area contributed by atoms with Gasteiger partial charge in [0.2, 0.25) is 0 Å². The molecule has 98 heavy (non-hydrogen) atoms. The number of carboxylic acids is 7. The minimum absolute atomic E-state index is 1.09. The largest absolute Gasteiger partial charge is 0.479 e. The molecule has 0 unspecified atom stereocenters. The van der Waals surface area contributed by atoms with Crippen LogP contribution < -0.4 is 0 Å². The zero-order valence-corrected chi connectivity index (χ0v) is 55.1. The third-order valence-corrected chi connectivity index (χ3v) is 18.0. The van der Waals surface area contributed by atoms with E-state index in [1.54, 1.807) is 0 Å². The van der Waals surface area contributed by atoms with Gasteiger partial charge in [0.25, 0.3) is 0 Å². The summed E-state index contributed by atoms with van der Waals surface area (Å²) in [4.78, 5) is 94.2. The van der Waals surface area contributed by atoms with Crippen LogP contribution in [0.4, 0.5) is 0 Å². The molecule has 0 amide bonds. The van der Waals surface area contributed by atoms with Crippen molar-refractivity contribution in [2.24, 2.45) is 0 Å². The third kappa shape index (κ3) is 15.4. The standard InChI is InChI=1S/C56H84O42/c1-71-15-22-29(43(57)58)92-50(36(15)78-8)86-23-16(72-2)38(80-10)52(94-30(23)44(59)60)88-25-18(74-4)40(82-12)54(96-32(25)46(63)64)90-27-20(76-6)42(84-14)56(98-34(27)48(67)68)91-28-21(77-7)41(83-13)55(97-35(28)49(69)70)89-26-19(75-5)39(81-11)53(95-33(26)47(65)66)87-24-17(73-3)37(79-9)51(85-22)93-31(24)45(61)62/h15-42,50-56H,1-14H3,(H,57,58)(H,59,60)(H,61,62)(H,63,64)(H,65,66)(H,67,68)(H,69,70)/t15-,16-,17-,18-,19-,20-,21-,22-,23-,24-,25-,26-,27-,28-,29+,30+,31+,32+,33+,34+,35+,36+,37+,38+,39+,40+,41+,42+,50+,51+,52+,53+,54+,55+,56+/m0/s1. The highest BCUT2D eigenvalue weighted by molar-refractivity contribution is 5.76. The minimum atomic E-state index is -2.23. The molecule has 35 atom stereocenters. The van der Waals surface area contributed by atoms with Crippen molar-refractivity contribution in [3.63, 3.8) is 0 Å². The van der Waals surface area contributed by atoms with E-state index in [1.165, 1.54) is 0 Å². The van der Waals surface area contributed by atoms with E-state index in [2.05, 4.69) is 0 Å². The van der Waals surface area contributed by atoms with E-state index in [9.17, 15) is 69.3 Å². The van der Waals surface area contributed by atoms with Gasteiger partial charge in [-0.3, -0.25) is 0 Å². The Hall–Kier alpha value is -4.83. The lowest BCUT2D eigenvalue weighted by atomic mass is 9.94. The number of carbonyl (C=O) groups is 7. The first-order valence-electron chi connectivity index (χ1n) is 30.0. The summed E-state index contributed by atoms with van der Waals surface area (Å²) < 4.78 is 168. The van der Waals surface area contributed by atoms with E-state index < -0.39 is 257 Å². The molecule has 0 aliphatic carbocycles. The van der Waals surface area contributed by atoms with Crippen molar-refractivity contribution in [3.05, 3.63) is 0 Å². The van der Waals surface area contributed by atoms with Crippen LogP contribution in [0.2, 0.25) is 0 Å². The van der Waals surface area contributed by atoms with E-state index in [0.717, 1.165) is 99.5 Å². The second kappa shape index (κ2) is 34.4. The van der Waals surface area contributed by atoms with Crippen LogP contribution in [0.5, 0.6) is 0 Å². The summed E-state index contributed by atoms with van der Waals surface area (Å²) in [6.45, 7) is 0. The summed E-state index contributed by atoms with van der Waals surface area (Å²) in [5.74, 6) is -12.5. The van der Waals surface area contributed by atoms with Crippen molar-refractivity contribution in [1.29, 1.82) is 0 Å². The Morgan fingerprint density at radius 3 is 0.337 bits per heavy atom. The number of hydrogen-bond acceptors (Lipinski definition) is 35. The van der Waals surface area contributed by atoms with Crippen molar-refractivity contribution >= 4 is 41.8 Å². The Labute approximate surface area is 557 Å². The topological polar surface area (TPSA) is 520 Å². The Morgan fingerprint density at radius 2 is 0.265 bits per heavy atom. The van der Waals surface area contributed by atoms with E-state index in [4.69, 9.17) is 133 Å². The van der Waals surface area contributed by atoms with Gasteiger partial charge in [-0.2, -0.15) is 0 Å². The average molecular weight is 1430 g/mol. The molecule has 21 aliphatic heterocycles. The van der Waals surface area contributed by atoms with Crippen LogP contribution >= 0.6 is 0 Å². The first-order chi connectivity index (χ1) is 46.8. The van der Waals surface area contributed by atoms with Gasteiger partial charge >= 0.3 is 41.8 Å². The molecule has 0 aromatic rings. The molecule has 21 saturated heterocycles. The maximum absolute atomic E-state index is 13.5. The van der Waals surface area contributed by atoms with Gasteiger partial charge in [0.1, 0.15) is 128 Å². The highest BCUT2D eigenvalue weighted by atomic mass is 16.8. The zero-order valence-electron chi connectivity index (χ0n) is 55.1. The quantitative estimate of drug-likeness (QED) is 0.0564. The lowest BCUT2D eigenvalue weighted by Crippen LogP contribution is -2.70. The van der Waals surface area contributed by atoms with Crippen molar-refractivity contribution in [1.82, 2.24) is 0 Å². The molecule has 14 bridgehead atoms. The van der Waals surface area contributed by atoms with E-state index in [1.807, 2.05) is 0 Å². The van der Waals surface area contributed by atoms with Crippen molar-refractivity contribution in [3.8, 4) is 0 Å². The van der Waals surface area contributed by atoms with Gasteiger partial charge in [0, 0.05) is 99.5 Å². The summed E-state index contributed by atoms with van der Waals surface area (Å²) in [5.41, 5.74) is 0. The molecule has 0 radical (unpaired) electrons. The van der Waals surface area contributed by atoms with Gasteiger partial charge in [-0.1, -0.05) is 0 Å². The smallest absolute Gasteiger partial charge is 0.335 e. The lowest BCUT2D eigenvalue weighted by Gasteiger charge is -2.51. The molecule has 560 valence electrons. The van der Waals surface area contributed by atoms with Gasteiger partial charge in [-0.15, -0.1) is 0 Å². The monoisotopic (exact) mass is 1430 g/mol. The minimum Gasteiger partial charge on any atom is -0.479 e. The second-order valence-corrected chi connectivity index (χ2v) is 22.9. The van der Waals surface area contributed by atoms with Crippen molar-refractivity contribution in [2.75, 3.05) is 99.5 Å². The number of hydrogen-bond donors (Lipinski definition) is 7. The van der Waals surface area contributed by atoms with Crippen LogP contribution in [0, 0.1) is 0 Å². The number of rotatable bonds is 21. The molecular formula is C56H84O42. The maximum atomic E-state index is 13.5. The molecule has 21 fully saturated rings. The zero-order chi connectivity index (χ0) is 72.0. The van der Waals surface area contributed by atoms with Gasteiger partial charge in [0.15, 0.2) is 86.8 Å². The van der Waals surface area contributed by atoms with Gasteiger partial charge in [0.05, 0.1) is 0 Å². The molecule has 21 rings (SSSR count). The van der Waals surface area contributed by atoms with Gasteiger partial charge in [-0.25, -0.2) is 33.6 Å². The highest BCUT2D eigenvalue weighted by Gasteiger charge is 2.65. The van der Waals surface area contributed by atoms with Crippen LogP contribution in [0.3, 0.4) is 0 Å². The first kappa shape index (κ1) is 78.9. The van der Waals surface area contributed by atoms with Crippen LogP contribution in [-0.2, 0) is 166 Å². The van der Waals surface area contributed by atoms with Crippen molar-refractivity contribution < 1.29 is 202 Å². The SMILES string of the molecule is CO[C@@H]1[C@@H](OC)[C@@H]2O[C@H]3[C@H](OC)[C@@H](OC)[C@H](O[C@H]4[C@H](OC)[C@@H](OC)[C@H](O[C@H]5[C@H](OC)[C@@H](OC)[C@H](O[C@H]6[C@H](OC)[C@@H](OC)[C@H](O[C@H]7[C@H](OC)[C@@H](OC)[C@H](O[C@H]8[C@H](OC)[C@@H](OC)[C@H](O[C@@H]1[C@H](C(=O)O)O2)O[C@H]8C(=O)O)O[C@H]7C(=O)O)O[C@H]6C(=O)O)O[C@H]5C(=O)O)O[C@H]4C(=O)O)O[C@H]3C(=O)O. The first-order valence-corrected chi connectivity index (χ1v) is 30.0. The summed E-state index contributed by atoms with van der Waals surface area (Å²) in [5, 5.41) is 76.3.